The van der Waals surface area contributed by atoms with Gasteiger partial charge in [0.25, 0.3) is 22.5 Å². The van der Waals surface area contributed by atoms with Crippen LogP contribution in [0.3, 0.4) is 0 Å². The molecule has 0 amide bonds. The van der Waals surface area contributed by atoms with Crippen LogP contribution in [-0.2, 0) is 0 Å². The number of H-pyrrole nitrogens is 2. The van der Waals surface area contributed by atoms with Crippen molar-refractivity contribution >= 4 is 44.9 Å². The van der Waals surface area contributed by atoms with Gasteiger partial charge in [0.1, 0.15) is 23.6 Å². The number of aliphatic hydroxyl groups is 2. The van der Waals surface area contributed by atoms with Gasteiger partial charge in [-0.3, -0.25) is 29.8 Å². The molecule has 2 aromatic heterocycles. The molecule has 5 aromatic rings. The first kappa shape index (κ1) is 31.0. The Morgan fingerprint density at radius 3 is 1.41 bits per heavy atom. The third-order valence-electron chi connectivity index (χ3n) is 6.81. The maximum absolute atomic E-state index is 12.9. The number of nitrogens with zero attached hydrogens (tertiary/aromatic N) is 6. The van der Waals surface area contributed by atoms with Gasteiger partial charge >= 0.3 is 0 Å². The smallest absolute Gasteiger partial charge is 0.276 e. The van der Waals surface area contributed by atoms with E-state index < -0.39 is 33.2 Å². The molecule has 0 aliphatic rings. The average molecular weight is 629 g/mol. The highest BCUT2D eigenvalue weighted by molar-refractivity contribution is 6.04. The Morgan fingerprint density at radius 1 is 0.717 bits per heavy atom. The molecule has 0 bridgehead atoms. The number of nitro benzene ring substituents is 2. The predicted molar refractivity (Wildman–Crippen MR) is 166 cm³/mol. The Balaban J connectivity index is 1.46. The number of fused-ring (bicyclic) bond motifs is 2. The summed E-state index contributed by atoms with van der Waals surface area (Å²) in [6, 6.07) is 13.3. The number of aromatic nitrogens is 4. The van der Waals surface area contributed by atoms with Crippen LogP contribution >= 0.6 is 0 Å². The fourth-order valence-corrected chi connectivity index (χ4v) is 4.63. The maximum Gasteiger partial charge on any atom is 0.276 e. The summed E-state index contributed by atoms with van der Waals surface area (Å²) in [7, 11) is 2.91. The molecule has 18 heteroatoms. The average Bonchev–Trinajstić information content (AvgIpc) is 3.04. The second-order valence-electron chi connectivity index (χ2n) is 9.66. The van der Waals surface area contributed by atoms with Gasteiger partial charge in [0.2, 0.25) is 0 Å². The minimum Gasteiger partial charge on any atom is -0.382 e. The van der Waals surface area contributed by atoms with E-state index in [1.54, 1.807) is 0 Å². The summed E-state index contributed by atoms with van der Waals surface area (Å²) in [6.07, 6.45) is -2.97. The molecule has 2 heterocycles. The van der Waals surface area contributed by atoms with Gasteiger partial charge in [-0.05, 0) is 23.3 Å². The van der Waals surface area contributed by atoms with Gasteiger partial charge in [-0.15, -0.1) is 0 Å². The highest BCUT2D eigenvalue weighted by Gasteiger charge is 2.26. The van der Waals surface area contributed by atoms with Crippen LogP contribution in [0.4, 0.5) is 11.4 Å². The van der Waals surface area contributed by atoms with Gasteiger partial charge in [0.15, 0.2) is 11.4 Å². The SMILES string of the molecule is CN/N=C(/c1nc2ccc([N+](=O)[O-])cc2[nH]c1=O)[C@@H](O)c1ccc([C@@H](O)/C(=N\NC)c2nc3ccc([N+](=O)[O-])cc3[nH]c2=O)cc1. The first-order valence-corrected chi connectivity index (χ1v) is 13.3. The Labute approximate surface area is 256 Å². The lowest BCUT2D eigenvalue weighted by atomic mass is 9.97. The van der Waals surface area contributed by atoms with Crippen LogP contribution in [0.2, 0.25) is 0 Å². The molecule has 2 atom stereocenters. The monoisotopic (exact) mass is 628 g/mol. The highest BCUT2D eigenvalue weighted by Crippen LogP contribution is 2.24. The first-order chi connectivity index (χ1) is 22.0. The lowest BCUT2D eigenvalue weighted by molar-refractivity contribution is -0.384. The zero-order valence-electron chi connectivity index (χ0n) is 24.0. The van der Waals surface area contributed by atoms with Crippen molar-refractivity contribution in [2.75, 3.05) is 14.1 Å². The van der Waals surface area contributed by atoms with Crippen LogP contribution < -0.4 is 22.0 Å². The number of aliphatic hydroxyl groups excluding tert-OH is 2. The van der Waals surface area contributed by atoms with Crippen LogP contribution in [0.1, 0.15) is 34.7 Å². The minimum atomic E-state index is -1.48. The molecule has 0 radical (unpaired) electrons. The quantitative estimate of drug-likeness (QED) is 0.0725. The fraction of sp³-hybridized carbons (Fsp3) is 0.143. The van der Waals surface area contributed by atoms with Crippen LogP contribution in [0, 0.1) is 20.2 Å². The number of hydrazone groups is 2. The molecule has 0 aliphatic heterocycles. The number of hydrogen-bond donors (Lipinski definition) is 6. The Kier molecular flexibility index (Phi) is 8.56. The molecule has 18 nitrogen and oxygen atoms in total. The standard InChI is InChI=1S/C28H24N10O8/c1-29-35-21(23-27(41)33-19-11-15(37(43)44)7-9-17(19)31-23)25(39)13-3-5-14(6-4-13)26(40)22(36-30-2)24-28(42)34-20-12-16(38(45)46)8-10-18(20)32-24/h3-12,25-26,29-30,39-40H,1-2H3,(H,33,41)(H,34,42)/b35-21-,36-22-/t25-,26+. The summed E-state index contributed by atoms with van der Waals surface area (Å²) in [5.41, 5.74) is 3.53. The Hall–Kier alpha value is -6.40. The van der Waals surface area contributed by atoms with Crippen LogP contribution in [0.15, 0.2) is 80.5 Å². The van der Waals surface area contributed by atoms with Gasteiger partial charge in [-0.25, -0.2) is 9.97 Å². The van der Waals surface area contributed by atoms with Gasteiger partial charge in [-0.1, -0.05) is 24.3 Å². The van der Waals surface area contributed by atoms with E-state index in [0.29, 0.717) is 0 Å². The summed E-state index contributed by atoms with van der Waals surface area (Å²) in [6.45, 7) is 0. The van der Waals surface area contributed by atoms with Gasteiger partial charge < -0.3 is 31.0 Å². The van der Waals surface area contributed by atoms with Crippen molar-refractivity contribution in [3.05, 3.63) is 124 Å². The highest BCUT2D eigenvalue weighted by atomic mass is 16.6. The second kappa shape index (κ2) is 12.7. The predicted octanol–water partition coefficient (Wildman–Crippen LogP) is 1.29. The molecule has 3 aromatic carbocycles. The number of nitrogens with one attached hydrogen (secondary N) is 4. The number of aromatic amines is 2. The molecular formula is C28H24N10O8. The molecule has 46 heavy (non-hydrogen) atoms. The van der Waals surface area contributed by atoms with Crippen LogP contribution in [0.25, 0.3) is 22.1 Å². The van der Waals surface area contributed by atoms with E-state index in [1.165, 1.54) is 74.8 Å². The molecule has 6 N–H and O–H groups in total. The first-order valence-electron chi connectivity index (χ1n) is 13.3. The van der Waals surface area contributed by atoms with Crippen molar-refractivity contribution in [1.29, 1.82) is 0 Å². The third kappa shape index (κ3) is 6.00. The summed E-state index contributed by atoms with van der Waals surface area (Å²) in [5, 5.41) is 52.8. The normalized spacial score (nSPS) is 13.4. The van der Waals surface area contributed by atoms with E-state index in [9.17, 15) is 40.0 Å². The Bertz CT molecular complexity index is 2020. The summed E-state index contributed by atoms with van der Waals surface area (Å²) >= 11 is 0. The van der Waals surface area contributed by atoms with E-state index in [4.69, 9.17) is 0 Å². The van der Waals surface area contributed by atoms with Crippen LogP contribution in [0.5, 0.6) is 0 Å². The van der Waals surface area contributed by atoms with Crippen molar-refractivity contribution in [1.82, 2.24) is 30.8 Å². The van der Waals surface area contributed by atoms with Gasteiger partial charge in [-0.2, -0.15) is 10.2 Å². The topological polar surface area (TPSA) is 267 Å². The maximum atomic E-state index is 12.9. The molecular weight excluding hydrogens is 604 g/mol. The lowest BCUT2D eigenvalue weighted by Gasteiger charge is -2.17. The van der Waals surface area contributed by atoms with E-state index in [0.717, 1.165) is 0 Å². The van der Waals surface area contributed by atoms with Gasteiger partial charge in [0, 0.05) is 38.4 Å². The molecule has 0 saturated carbocycles. The number of non-ortho nitro benzene ring substituents is 2. The summed E-state index contributed by atoms with van der Waals surface area (Å²) in [4.78, 5) is 60.4. The summed E-state index contributed by atoms with van der Waals surface area (Å²) in [5.74, 6) is 0. The van der Waals surface area contributed by atoms with E-state index in [1.807, 2.05) is 0 Å². The molecule has 0 aliphatic carbocycles. The molecule has 0 spiro atoms. The zero-order valence-corrected chi connectivity index (χ0v) is 24.0. The Morgan fingerprint density at radius 2 is 1.09 bits per heavy atom. The van der Waals surface area contributed by atoms with Crippen LogP contribution in [-0.4, -0.2) is 65.5 Å². The molecule has 5 rings (SSSR count). The van der Waals surface area contributed by atoms with E-state index >= 15 is 0 Å². The lowest BCUT2D eigenvalue weighted by Crippen LogP contribution is -2.28. The molecule has 0 fully saturated rings. The van der Waals surface area contributed by atoms with Crippen molar-refractivity contribution < 1.29 is 20.1 Å². The van der Waals surface area contributed by atoms with E-state index in [2.05, 4.69) is 41.0 Å². The van der Waals surface area contributed by atoms with Crippen molar-refractivity contribution in [3.63, 3.8) is 0 Å². The number of hydrogen-bond acceptors (Lipinski definition) is 14. The molecule has 0 unspecified atom stereocenters. The van der Waals surface area contributed by atoms with Crippen molar-refractivity contribution in [2.24, 2.45) is 10.2 Å². The van der Waals surface area contributed by atoms with Gasteiger partial charge in [0.05, 0.1) is 31.9 Å². The largest absolute Gasteiger partial charge is 0.382 e. The second-order valence-corrected chi connectivity index (χ2v) is 9.66. The molecule has 234 valence electrons. The third-order valence-corrected chi connectivity index (χ3v) is 6.81. The minimum absolute atomic E-state index is 0.125. The number of rotatable bonds is 10. The van der Waals surface area contributed by atoms with Crippen molar-refractivity contribution in [2.45, 2.75) is 12.2 Å². The number of benzene rings is 3. The summed E-state index contributed by atoms with van der Waals surface area (Å²) < 4.78 is 0. The van der Waals surface area contributed by atoms with Crippen molar-refractivity contribution in [3.8, 4) is 0 Å². The zero-order chi connectivity index (χ0) is 33.1. The number of nitro groups is 2. The molecule has 0 saturated heterocycles. The fourth-order valence-electron chi connectivity index (χ4n) is 4.63. The van der Waals surface area contributed by atoms with E-state index in [-0.39, 0.29) is 67.4 Å².